The molecule has 1 unspecified atom stereocenters. The highest BCUT2D eigenvalue weighted by molar-refractivity contribution is 5.87. The zero-order chi connectivity index (χ0) is 19.8. The Morgan fingerprint density at radius 3 is 2.54 bits per heavy atom. The second kappa shape index (κ2) is 10.2. The second-order valence-electron chi connectivity index (χ2n) is 6.87. The molecule has 0 aliphatic carbocycles. The van der Waals surface area contributed by atoms with Gasteiger partial charge in [0.15, 0.2) is 0 Å². The Balaban J connectivity index is 1.70. The van der Waals surface area contributed by atoms with Gasteiger partial charge < -0.3 is 20.5 Å². The van der Waals surface area contributed by atoms with Gasteiger partial charge in [0, 0.05) is 37.3 Å². The van der Waals surface area contributed by atoms with E-state index in [1.807, 2.05) is 30.3 Å². The Labute approximate surface area is 165 Å². The number of hydrogen-bond acceptors (Lipinski definition) is 4. The molecule has 0 aromatic heterocycles. The van der Waals surface area contributed by atoms with Crippen molar-refractivity contribution >= 4 is 10.8 Å². The number of aliphatic hydroxyl groups excluding tert-OH is 1. The second-order valence-corrected chi connectivity index (χ2v) is 6.87. The fourth-order valence-corrected chi connectivity index (χ4v) is 3.11. The normalized spacial score (nSPS) is 12.2. The van der Waals surface area contributed by atoms with Crippen LogP contribution in [-0.2, 0) is 13.2 Å². The van der Waals surface area contributed by atoms with Crippen molar-refractivity contribution in [2.75, 3.05) is 19.6 Å². The van der Waals surface area contributed by atoms with E-state index in [1.54, 1.807) is 19.1 Å². The third-order valence-electron chi connectivity index (χ3n) is 4.56. The molecular formula is C23H27FN2O2. The lowest BCUT2D eigenvalue weighted by Crippen LogP contribution is -2.31. The summed E-state index contributed by atoms with van der Waals surface area (Å²) in [6.07, 6.45) is -0.351. The molecule has 28 heavy (non-hydrogen) atoms. The molecule has 3 aromatic carbocycles. The van der Waals surface area contributed by atoms with Crippen LogP contribution in [0.4, 0.5) is 4.39 Å². The standard InChI is InChI=1S/C23H27FN2O2/c1-17(27)14-25-12-13-26-15-21-20-8-4-2-6-18(20)10-11-23(21)28-16-19-7-3-5-9-22(19)24/h2-11,17,25-27H,12-16H2,1H3. The number of aliphatic hydroxyl groups is 1. The molecule has 0 amide bonds. The van der Waals surface area contributed by atoms with Gasteiger partial charge in [0.1, 0.15) is 18.2 Å². The summed E-state index contributed by atoms with van der Waals surface area (Å²) in [6.45, 7) is 4.70. The summed E-state index contributed by atoms with van der Waals surface area (Å²) < 4.78 is 19.9. The van der Waals surface area contributed by atoms with Crippen molar-refractivity contribution in [1.29, 1.82) is 0 Å². The molecular weight excluding hydrogens is 355 g/mol. The Kier molecular flexibility index (Phi) is 7.37. The van der Waals surface area contributed by atoms with Gasteiger partial charge in [0.2, 0.25) is 0 Å². The van der Waals surface area contributed by atoms with Gasteiger partial charge in [0.25, 0.3) is 0 Å². The van der Waals surface area contributed by atoms with Crippen molar-refractivity contribution in [2.24, 2.45) is 0 Å². The van der Waals surface area contributed by atoms with Gasteiger partial charge in [0.05, 0.1) is 6.10 Å². The molecule has 4 nitrogen and oxygen atoms in total. The van der Waals surface area contributed by atoms with E-state index in [1.165, 1.54) is 6.07 Å². The van der Waals surface area contributed by atoms with Crippen molar-refractivity contribution < 1.29 is 14.2 Å². The molecule has 0 saturated carbocycles. The lowest BCUT2D eigenvalue weighted by atomic mass is 10.0. The molecule has 0 heterocycles. The van der Waals surface area contributed by atoms with Gasteiger partial charge in [-0.2, -0.15) is 0 Å². The van der Waals surface area contributed by atoms with Crippen LogP contribution in [0.3, 0.4) is 0 Å². The Morgan fingerprint density at radius 2 is 1.71 bits per heavy atom. The van der Waals surface area contributed by atoms with Crippen LogP contribution in [0.15, 0.2) is 60.7 Å². The average Bonchev–Trinajstić information content (AvgIpc) is 2.70. The van der Waals surface area contributed by atoms with Gasteiger partial charge >= 0.3 is 0 Å². The van der Waals surface area contributed by atoms with E-state index in [4.69, 9.17) is 4.74 Å². The molecule has 0 fully saturated rings. The molecule has 0 aliphatic heterocycles. The molecule has 148 valence electrons. The third kappa shape index (κ3) is 5.52. The summed E-state index contributed by atoms with van der Waals surface area (Å²) in [7, 11) is 0. The first kappa shape index (κ1) is 20.3. The first-order valence-electron chi connectivity index (χ1n) is 9.61. The van der Waals surface area contributed by atoms with Crippen LogP contribution in [0.5, 0.6) is 5.75 Å². The van der Waals surface area contributed by atoms with Crippen LogP contribution >= 0.6 is 0 Å². The van der Waals surface area contributed by atoms with Crippen LogP contribution < -0.4 is 15.4 Å². The first-order chi connectivity index (χ1) is 13.6. The zero-order valence-electron chi connectivity index (χ0n) is 16.1. The van der Waals surface area contributed by atoms with Gasteiger partial charge in [-0.25, -0.2) is 4.39 Å². The van der Waals surface area contributed by atoms with Crippen LogP contribution in [-0.4, -0.2) is 30.8 Å². The fourth-order valence-electron chi connectivity index (χ4n) is 3.11. The topological polar surface area (TPSA) is 53.5 Å². The molecule has 0 radical (unpaired) electrons. The van der Waals surface area contributed by atoms with E-state index >= 15 is 0 Å². The summed E-state index contributed by atoms with van der Waals surface area (Å²) >= 11 is 0. The molecule has 0 aliphatic rings. The van der Waals surface area contributed by atoms with E-state index in [0.29, 0.717) is 18.7 Å². The van der Waals surface area contributed by atoms with Gasteiger partial charge in [-0.1, -0.05) is 48.5 Å². The molecule has 3 rings (SSSR count). The third-order valence-corrected chi connectivity index (χ3v) is 4.56. The number of hydrogen-bond donors (Lipinski definition) is 3. The molecule has 0 bridgehead atoms. The summed E-state index contributed by atoms with van der Waals surface area (Å²) in [5, 5.41) is 18.2. The highest BCUT2D eigenvalue weighted by Gasteiger charge is 2.10. The maximum absolute atomic E-state index is 13.9. The summed E-state index contributed by atoms with van der Waals surface area (Å²) in [5.74, 6) is 0.499. The maximum atomic E-state index is 13.9. The molecule has 5 heteroatoms. The van der Waals surface area contributed by atoms with E-state index in [9.17, 15) is 9.50 Å². The highest BCUT2D eigenvalue weighted by Crippen LogP contribution is 2.29. The van der Waals surface area contributed by atoms with Crippen molar-refractivity contribution in [3.63, 3.8) is 0 Å². The monoisotopic (exact) mass is 382 g/mol. The predicted octanol–water partition coefficient (Wildman–Crippen LogP) is 3.62. The smallest absolute Gasteiger partial charge is 0.129 e. The van der Waals surface area contributed by atoms with Crippen LogP contribution in [0.2, 0.25) is 0 Å². The minimum absolute atomic E-state index is 0.188. The molecule has 0 spiro atoms. The van der Waals surface area contributed by atoms with Crippen LogP contribution in [0, 0.1) is 5.82 Å². The minimum Gasteiger partial charge on any atom is -0.488 e. The fraction of sp³-hybridized carbons (Fsp3) is 0.304. The lowest BCUT2D eigenvalue weighted by molar-refractivity contribution is 0.191. The summed E-state index contributed by atoms with van der Waals surface area (Å²) in [4.78, 5) is 0. The van der Waals surface area contributed by atoms with Gasteiger partial charge in [-0.3, -0.25) is 0 Å². The Hall–Kier alpha value is -2.47. The first-order valence-corrected chi connectivity index (χ1v) is 9.61. The highest BCUT2D eigenvalue weighted by atomic mass is 19.1. The zero-order valence-corrected chi connectivity index (χ0v) is 16.1. The molecule has 3 aromatic rings. The van der Waals surface area contributed by atoms with Gasteiger partial charge in [-0.15, -0.1) is 0 Å². The molecule has 0 saturated heterocycles. The number of benzene rings is 3. The van der Waals surface area contributed by atoms with Crippen molar-refractivity contribution in [3.8, 4) is 5.75 Å². The predicted molar refractivity (Wildman–Crippen MR) is 111 cm³/mol. The van der Waals surface area contributed by atoms with Crippen LogP contribution in [0.1, 0.15) is 18.1 Å². The van der Waals surface area contributed by atoms with Crippen molar-refractivity contribution in [1.82, 2.24) is 10.6 Å². The van der Waals surface area contributed by atoms with Gasteiger partial charge in [-0.05, 0) is 29.8 Å². The van der Waals surface area contributed by atoms with E-state index in [-0.39, 0.29) is 18.5 Å². The number of halogens is 1. The SMILES string of the molecule is CC(O)CNCCNCc1c(OCc2ccccc2F)ccc2ccccc12. The molecule has 1 atom stereocenters. The van der Waals surface area contributed by atoms with E-state index in [2.05, 4.69) is 22.8 Å². The van der Waals surface area contributed by atoms with Crippen molar-refractivity contribution in [3.05, 3.63) is 77.6 Å². The average molecular weight is 382 g/mol. The minimum atomic E-state index is -0.351. The van der Waals surface area contributed by atoms with Crippen molar-refractivity contribution in [2.45, 2.75) is 26.2 Å². The van der Waals surface area contributed by atoms with Crippen LogP contribution in [0.25, 0.3) is 10.8 Å². The summed E-state index contributed by atoms with van der Waals surface area (Å²) in [6, 6.07) is 18.8. The van der Waals surface area contributed by atoms with E-state index in [0.717, 1.165) is 35.2 Å². The quantitative estimate of drug-likeness (QED) is 0.469. The lowest BCUT2D eigenvalue weighted by Gasteiger charge is -2.16. The number of fused-ring (bicyclic) bond motifs is 1. The Bertz CT molecular complexity index is 899. The number of nitrogens with one attached hydrogen (secondary N) is 2. The summed E-state index contributed by atoms with van der Waals surface area (Å²) in [5.41, 5.74) is 1.60. The molecule has 3 N–H and O–H groups in total. The largest absolute Gasteiger partial charge is 0.488 e. The van der Waals surface area contributed by atoms with E-state index < -0.39 is 0 Å². The Morgan fingerprint density at radius 1 is 0.964 bits per heavy atom. The number of ether oxygens (including phenoxy) is 1. The number of rotatable bonds is 10. The maximum Gasteiger partial charge on any atom is 0.129 e.